The molecule has 0 bridgehead atoms. The molecule has 70 valence electrons. The molecule has 0 radical (unpaired) electrons. The van der Waals surface area contributed by atoms with E-state index in [1.54, 1.807) is 12.5 Å². The molecule has 0 aliphatic carbocycles. The fraction of sp³-hybridized carbons (Fsp3) is 0.0909. The summed E-state index contributed by atoms with van der Waals surface area (Å²) in [7, 11) is 0. The molecule has 0 spiro atoms. The average molecular weight is 186 g/mol. The molecule has 2 rings (SSSR count). The molecule has 3 nitrogen and oxygen atoms in total. The highest BCUT2D eigenvalue weighted by molar-refractivity contribution is 5.55. The van der Waals surface area contributed by atoms with E-state index in [2.05, 4.69) is 4.98 Å². The van der Waals surface area contributed by atoms with Gasteiger partial charge in [0.05, 0.1) is 6.33 Å². The SMILES string of the molecule is O=CCc1cccc(-n2ccnc2)c1. The van der Waals surface area contributed by atoms with E-state index in [1.165, 1.54) is 0 Å². The number of benzene rings is 1. The third-order valence-corrected chi connectivity index (χ3v) is 2.03. The van der Waals surface area contributed by atoms with Crippen LogP contribution in [0.4, 0.5) is 0 Å². The second-order valence-corrected chi connectivity index (χ2v) is 3.01. The predicted molar refractivity (Wildman–Crippen MR) is 53.3 cm³/mol. The van der Waals surface area contributed by atoms with Gasteiger partial charge < -0.3 is 9.36 Å². The Kier molecular flexibility index (Phi) is 2.40. The number of aromatic nitrogens is 2. The molecule has 0 unspecified atom stereocenters. The van der Waals surface area contributed by atoms with Gasteiger partial charge in [0.1, 0.15) is 6.29 Å². The molecule has 0 atom stereocenters. The zero-order valence-electron chi connectivity index (χ0n) is 7.63. The Morgan fingerprint density at radius 2 is 2.36 bits per heavy atom. The molecule has 2 aromatic rings. The summed E-state index contributed by atoms with van der Waals surface area (Å²) in [5.74, 6) is 0. The van der Waals surface area contributed by atoms with Crippen molar-refractivity contribution in [3.63, 3.8) is 0 Å². The smallest absolute Gasteiger partial charge is 0.124 e. The minimum Gasteiger partial charge on any atom is -0.306 e. The molecule has 1 aromatic heterocycles. The molecule has 14 heavy (non-hydrogen) atoms. The van der Waals surface area contributed by atoms with E-state index in [4.69, 9.17) is 0 Å². The fourth-order valence-electron chi connectivity index (χ4n) is 1.35. The number of rotatable bonds is 3. The molecular formula is C11H10N2O. The lowest BCUT2D eigenvalue weighted by molar-refractivity contribution is -0.107. The third kappa shape index (κ3) is 1.71. The van der Waals surface area contributed by atoms with Crippen molar-refractivity contribution in [2.75, 3.05) is 0 Å². The van der Waals surface area contributed by atoms with Gasteiger partial charge >= 0.3 is 0 Å². The van der Waals surface area contributed by atoms with Gasteiger partial charge in [0, 0.05) is 24.5 Å². The van der Waals surface area contributed by atoms with Crippen molar-refractivity contribution < 1.29 is 4.79 Å². The summed E-state index contributed by atoms with van der Waals surface area (Å²) in [6.45, 7) is 0. The molecule has 0 saturated heterocycles. The van der Waals surface area contributed by atoms with E-state index >= 15 is 0 Å². The van der Waals surface area contributed by atoms with Gasteiger partial charge in [0.2, 0.25) is 0 Å². The molecule has 0 fully saturated rings. The maximum Gasteiger partial charge on any atom is 0.124 e. The van der Waals surface area contributed by atoms with Crippen LogP contribution in [0.25, 0.3) is 5.69 Å². The summed E-state index contributed by atoms with van der Waals surface area (Å²) in [5, 5.41) is 0. The normalized spacial score (nSPS) is 10.0. The fourth-order valence-corrected chi connectivity index (χ4v) is 1.35. The maximum atomic E-state index is 10.4. The van der Waals surface area contributed by atoms with Crippen LogP contribution in [0.1, 0.15) is 5.56 Å². The highest BCUT2D eigenvalue weighted by Crippen LogP contribution is 2.09. The highest BCUT2D eigenvalue weighted by atomic mass is 16.1. The van der Waals surface area contributed by atoms with E-state index in [0.717, 1.165) is 17.5 Å². The Morgan fingerprint density at radius 1 is 1.43 bits per heavy atom. The number of nitrogens with zero attached hydrogens (tertiary/aromatic N) is 2. The lowest BCUT2D eigenvalue weighted by Gasteiger charge is -2.03. The molecule has 0 saturated carbocycles. The maximum absolute atomic E-state index is 10.4. The van der Waals surface area contributed by atoms with Crippen LogP contribution in [-0.2, 0) is 11.2 Å². The zero-order chi connectivity index (χ0) is 9.80. The highest BCUT2D eigenvalue weighted by Gasteiger charge is 1.96. The van der Waals surface area contributed by atoms with Crippen LogP contribution in [0.3, 0.4) is 0 Å². The van der Waals surface area contributed by atoms with Crippen LogP contribution in [0, 0.1) is 0 Å². The van der Waals surface area contributed by atoms with E-state index in [9.17, 15) is 4.79 Å². The van der Waals surface area contributed by atoms with Gasteiger partial charge in [-0.1, -0.05) is 12.1 Å². The van der Waals surface area contributed by atoms with Crippen LogP contribution in [0.5, 0.6) is 0 Å². The van der Waals surface area contributed by atoms with Crippen molar-refractivity contribution in [1.82, 2.24) is 9.55 Å². The summed E-state index contributed by atoms with van der Waals surface area (Å²) in [6, 6.07) is 7.84. The number of aldehydes is 1. The molecule has 1 aromatic carbocycles. The van der Waals surface area contributed by atoms with Crippen molar-refractivity contribution in [2.24, 2.45) is 0 Å². The van der Waals surface area contributed by atoms with Crippen molar-refractivity contribution in [3.8, 4) is 5.69 Å². The van der Waals surface area contributed by atoms with Crippen molar-refractivity contribution in [3.05, 3.63) is 48.5 Å². The van der Waals surface area contributed by atoms with E-state index in [-0.39, 0.29) is 0 Å². The summed E-state index contributed by atoms with van der Waals surface area (Å²) in [6.07, 6.45) is 6.71. The average Bonchev–Trinajstić information content (AvgIpc) is 2.71. The molecule has 0 N–H and O–H groups in total. The Bertz CT molecular complexity index is 421. The monoisotopic (exact) mass is 186 g/mol. The summed E-state index contributed by atoms with van der Waals surface area (Å²) in [4.78, 5) is 14.3. The van der Waals surface area contributed by atoms with Crippen LogP contribution in [0.2, 0.25) is 0 Å². The second-order valence-electron chi connectivity index (χ2n) is 3.01. The van der Waals surface area contributed by atoms with Crippen LogP contribution in [0.15, 0.2) is 43.0 Å². The van der Waals surface area contributed by atoms with Gasteiger partial charge in [-0.15, -0.1) is 0 Å². The first-order chi connectivity index (χ1) is 6.90. The molecule has 3 heteroatoms. The first-order valence-corrected chi connectivity index (χ1v) is 4.41. The molecular weight excluding hydrogens is 176 g/mol. The van der Waals surface area contributed by atoms with Gasteiger partial charge in [-0.3, -0.25) is 0 Å². The number of hydrogen-bond donors (Lipinski definition) is 0. The van der Waals surface area contributed by atoms with Gasteiger partial charge in [-0.25, -0.2) is 4.98 Å². The van der Waals surface area contributed by atoms with Gasteiger partial charge in [-0.05, 0) is 17.7 Å². The van der Waals surface area contributed by atoms with Gasteiger partial charge in [0.25, 0.3) is 0 Å². The zero-order valence-corrected chi connectivity index (χ0v) is 7.63. The Labute approximate surface area is 82.0 Å². The molecule has 0 aliphatic heterocycles. The van der Waals surface area contributed by atoms with Crippen molar-refractivity contribution in [1.29, 1.82) is 0 Å². The lowest BCUT2D eigenvalue weighted by Crippen LogP contribution is -1.92. The third-order valence-electron chi connectivity index (χ3n) is 2.03. The first-order valence-electron chi connectivity index (χ1n) is 4.41. The van der Waals surface area contributed by atoms with Crippen molar-refractivity contribution in [2.45, 2.75) is 6.42 Å². The Balaban J connectivity index is 2.35. The minimum atomic E-state index is 0.461. The number of carbonyl (C=O) groups excluding carboxylic acids is 1. The topological polar surface area (TPSA) is 34.9 Å². The van der Waals surface area contributed by atoms with Crippen LogP contribution < -0.4 is 0 Å². The van der Waals surface area contributed by atoms with Crippen LogP contribution >= 0.6 is 0 Å². The van der Waals surface area contributed by atoms with Crippen LogP contribution in [-0.4, -0.2) is 15.8 Å². The van der Waals surface area contributed by atoms with Gasteiger partial charge in [0.15, 0.2) is 0 Å². The molecule has 0 aliphatic rings. The predicted octanol–water partition coefficient (Wildman–Crippen LogP) is 1.61. The first kappa shape index (κ1) is 8.69. The summed E-state index contributed by atoms with van der Waals surface area (Å²) >= 11 is 0. The van der Waals surface area contributed by atoms with E-state index < -0.39 is 0 Å². The van der Waals surface area contributed by atoms with E-state index in [1.807, 2.05) is 35.0 Å². The number of carbonyl (C=O) groups is 1. The van der Waals surface area contributed by atoms with Gasteiger partial charge in [-0.2, -0.15) is 0 Å². The van der Waals surface area contributed by atoms with E-state index in [0.29, 0.717) is 6.42 Å². The molecule has 1 heterocycles. The minimum absolute atomic E-state index is 0.461. The summed E-state index contributed by atoms with van der Waals surface area (Å²) < 4.78 is 1.91. The number of hydrogen-bond acceptors (Lipinski definition) is 2. The Hall–Kier alpha value is -1.90. The second kappa shape index (κ2) is 3.87. The Morgan fingerprint density at radius 3 is 3.07 bits per heavy atom. The standard InChI is InChI=1S/C11H10N2O/c14-7-4-10-2-1-3-11(8-10)13-6-5-12-9-13/h1-3,5-9H,4H2. The summed E-state index contributed by atoms with van der Waals surface area (Å²) in [5.41, 5.74) is 2.05. The lowest BCUT2D eigenvalue weighted by atomic mass is 10.1. The quantitative estimate of drug-likeness (QED) is 0.682. The number of imidazole rings is 1. The largest absolute Gasteiger partial charge is 0.306 e. The van der Waals surface area contributed by atoms with Crippen molar-refractivity contribution >= 4 is 6.29 Å². The molecule has 0 amide bonds.